The van der Waals surface area contributed by atoms with Gasteiger partial charge in [0.05, 0.1) is 0 Å². The van der Waals surface area contributed by atoms with Crippen LogP contribution in [0.3, 0.4) is 0 Å². The van der Waals surface area contributed by atoms with Gasteiger partial charge in [-0.2, -0.15) is 0 Å². The van der Waals surface area contributed by atoms with Crippen molar-refractivity contribution in [2.45, 2.75) is 19.8 Å². The van der Waals surface area contributed by atoms with Gasteiger partial charge < -0.3 is 9.90 Å². The number of carbonyl (C=O) groups is 2. The van der Waals surface area contributed by atoms with E-state index < -0.39 is 11.9 Å². The van der Waals surface area contributed by atoms with Gasteiger partial charge in [0.1, 0.15) is 5.78 Å². The van der Waals surface area contributed by atoms with Crippen LogP contribution in [0.4, 0.5) is 0 Å². The van der Waals surface area contributed by atoms with E-state index in [1.165, 1.54) is 6.92 Å². The molecule has 0 spiro atoms. The fourth-order valence-electron chi connectivity index (χ4n) is 1.52. The fraction of sp³-hybridized carbons (Fsp3) is 0.556. The van der Waals surface area contributed by atoms with Gasteiger partial charge in [0.25, 0.3) is 0 Å². The van der Waals surface area contributed by atoms with Crippen LogP contribution >= 0.6 is 0 Å². The Kier molecular flexibility index (Phi) is 5.53. The van der Waals surface area contributed by atoms with Gasteiger partial charge in [-0.25, -0.2) is 0 Å². The minimum atomic E-state index is -1.11. The van der Waals surface area contributed by atoms with Crippen LogP contribution in [0.25, 0.3) is 0 Å². The zero-order valence-electron chi connectivity index (χ0n) is 7.95. The molecular formula is C9H11NaO3. The van der Waals surface area contributed by atoms with Crippen LogP contribution < -0.4 is 34.7 Å². The molecule has 0 unspecified atom stereocenters. The van der Waals surface area contributed by atoms with Crippen LogP contribution in [-0.2, 0) is 9.59 Å². The predicted octanol–water partition coefficient (Wildman–Crippen LogP) is -3.09. The number of hydrogen-bond donors (Lipinski definition) is 0. The third-order valence-corrected chi connectivity index (χ3v) is 2.26. The summed E-state index contributed by atoms with van der Waals surface area (Å²) >= 11 is 0. The molecule has 1 aliphatic rings. The van der Waals surface area contributed by atoms with Gasteiger partial charge in [-0.3, -0.25) is 4.79 Å². The largest absolute Gasteiger partial charge is 1.00 e. The minimum absolute atomic E-state index is 0. The molecule has 0 amide bonds. The maximum atomic E-state index is 11.0. The second-order valence-corrected chi connectivity index (χ2v) is 3.09. The Hall–Kier alpha value is -0.120. The molecule has 0 N–H and O–H groups in total. The van der Waals surface area contributed by atoms with Crippen LogP contribution in [0.15, 0.2) is 12.2 Å². The summed E-state index contributed by atoms with van der Waals surface area (Å²) in [5, 5.41) is 10.6. The standard InChI is InChI=1S/C9H12O3.Na/c1-6(10)7-4-2-3-5-8(7)9(11)12;/h2-3,7-8H,4-5H2,1H3,(H,11,12);/q;+1/p-1/t7-,8+;/m1./s1. The summed E-state index contributed by atoms with van der Waals surface area (Å²) in [6.45, 7) is 1.43. The van der Waals surface area contributed by atoms with E-state index in [0.717, 1.165) is 0 Å². The van der Waals surface area contributed by atoms with Crippen molar-refractivity contribution < 1.29 is 44.3 Å². The van der Waals surface area contributed by atoms with Gasteiger partial charge >= 0.3 is 29.6 Å². The zero-order chi connectivity index (χ0) is 9.14. The maximum absolute atomic E-state index is 11.0. The van der Waals surface area contributed by atoms with E-state index in [9.17, 15) is 14.7 Å². The molecule has 2 atom stereocenters. The van der Waals surface area contributed by atoms with Crippen LogP contribution in [0.1, 0.15) is 19.8 Å². The summed E-state index contributed by atoms with van der Waals surface area (Å²) in [6, 6.07) is 0. The number of Topliss-reactive ketones (excluding diaryl/α,β-unsaturated/α-hetero) is 1. The van der Waals surface area contributed by atoms with E-state index in [4.69, 9.17) is 0 Å². The summed E-state index contributed by atoms with van der Waals surface area (Å²) in [5.41, 5.74) is 0. The van der Waals surface area contributed by atoms with Crippen molar-refractivity contribution in [3.63, 3.8) is 0 Å². The molecule has 1 aliphatic carbocycles. The summed E-state index contributed by atoms with van der Waals surface area (Å²) in [6.07, 6.45) is 4.60. The van der Waals surface area contributed by atoms with E-state index in [2.05, 4.69) is 0 Å². The number of hydrogen-bond acceptors (Lipinski definition) is 3. The maximum Gasteiger partial charge on any atom is 1.00 e. The molecule has 0 bridgehead atoms. The van der Waals surface area contributed by atoms with Crippen molar-refractivity contribution in [3.05, 3.63) is 12.2 Å². The van der Waals surface area contributed by atoms with Crippen LogP contribution in [0.2, 0.25) is 0 Å². The molecule has 1 rings (SSSR count). The molecular weight excluding hydrogens is 179 g/mol. The molecule has 0 aromatic rings. The Labute approximate surface area is 99.5 Å². The monoisotopic (exact) mass is 190 g/mol. The summed E-state index contributed by atoms with van der Waals surface area (Å²) < 4.78 is 0. The Morgan fingerprint density at radius 1 is 1.23 bits per heavy atom. The molecule has 3 nitrogen and oxygen atoms in total. The Bertz CT molecular complexity index is 211. The predicted molar refractivity (Wildman–Crippen MR) is 41.0 cm³/mol. The third kappa shape index (κ3) is 3.25. The third-order valence-electron chi connectivity index (χ3n) is 2.26. The van der Waals surface area contributed by atoms with Crippen molar-refractivity contribution in [3.8, 4) is 0 Å². The van der Waals surface area contributed by atoms with Crippen molar-refractivity contribution in [2.24, 2.45) is 11.8 Å². The minimum Gasteiger partial charge on any atom is -0.550 e. The van der Waals surface area contributed by atoms with Crippen LogP contribution in [-0.4, -0.2) is 11.8 Å². The molecule has 13 heavy (non-hydrogen) atoms. The Morgan fingerprint density at radius 3 is 2.00 bits per heavy atom. The molecule has 0 heterocycles. The second kappa shape index (κ2) is 5.58. The molecule has 0 aromatic heterocycles. The first kappa shape index (κ1) is 12.9. The van der Waals surface area contributed by atoms with Gasteiger partial charge in [0, 0.05) is 17.8 Å². The molecule has 0 fully saturated rings. The van der Waals surface area contributed by atoms with E-state index >= 15 is 0 Å². The van der Waals surface area contributed by atoms with Crippen molar-refractivity contribution in [2.75, 3.05) is 0 Å². The van der Waals surface area contributed by atoms with Gasteiger partial charge in [0.15, 0.2) is 0 Å². The Balaban J connectivity index is 0.00000144. The molecule has 66 valence electrons. The average Bonchev–Trinajstić information content (AvgIpc) is 2.04. The number of carboxylic acids is 1. The SMILES string of the molecule is CC(=O)[C@H]1CC=CC[C@@H]1C(=O)[O-].[Na+]. The topological polar surface area (TPSA) is 57.2 Å². The number of rotatable bonds is 2. The van der Waals surface area contributed by atoms with Crippen molar-refractivity contribution in [1.82, 2.24) is 0 Å². The average molecular weight is 190 g/mol. The normalized spacial score (nSPS) is 26.2. The molecule has 4 heteroatoms. The first-order valence-corrected chi connectivity index (χ1v) is 3.99. The number of aliphatic carboxylic acids is 1. The van der Waals surface area contributed by atoms with Gasteiger partial charge in [-0.1, -0.05) is 12.2 Å². The summed E-state index contributed by atoms with van der Waals surface area (Å²) in [7, 11) is 0. The summed E-state index contributed by atoms with van der Waals surface area (Å²) in [5.74, 6) is -2.17. The van der Waals surface area contributed by atoms with E-state index in [0.29, 0.717) is 12.8 Å². The molecule has 0 radical (unpaired) electrons. The number of carbonyl (C=O) groups excluding carboxylic acids is 2. The van der Waals surface area contributed by atoms with Crippen molar-refractivity contribution in [1.29, 1.82) is 0 Å². The van der Waals surface area contributed by atoms with E-state index in [1.54, 1.807) is 6.08 Å². The first-order valence-electron chi connectivity index (χ1n) is 3.99. The van der Waals surface area contributed by atoms with Crippen LogP contribution in [0, 0.1) is 11.8 Å². The quantitative estimate of drug-likeness (QED) is 0.342. The first-order chi connectivity index (χ1) is 5.63. The van der Waals surface area contributed by atoms with Crippen molar-refractivity contribution >= 4 is 11.8 Å². The summed E-state index contributed by atoms with van der Waals surface area (Å²) in [4.78, 5) is 21.6. The number of ketones is 1. The number of carboxylic acid groups (broad SMARTS) is 1. The molecule has 0 aromatic carbocycles. The zero-order valence-corrected chi connectivity index (χ0v) is 9.95. The van der Waals surface area contributed by atoms with E-state index in [-0.39, 0.29) is 41.3 Å². The van der Waals surface area contributed by atoms with Gasteiger partial charge in [-0.15, -0.1) is 0 Å². The van der Waals surface area contributed by atoms with Gasteiger partial charge in [0.2, 0.25) is 0 Å². The van der Waals surface area contributed by atoms with Crippen LogP contribution in [0.5, 0.6) is 0 Å². The Morgan fingerprint density at radius 2 is 1.69 bits per heavy atom. The fourth-order valence-corrected chi connectivity index (χ4v) is 1.52. The number of allylic oxidation sites excluding steroid dienone is 2. The molecule has 0 aliphatic heterocycles. The van der Waals surface area contributed by atoms with E-state index in [1.807, 2.05) is 6.08 Å². The molecule has 0 saturated carbocycles. The molecule has 0 saturated heterocycles. The smallest absolute Gasteiger partial charge is 0.550 e. The second-order valence-electron chi connectivity index (χ2n) is 3.09. The van der Waals surface area contributed by atoms with Gasteiger partial charge in [-0.05, 0) is 19.8 Å².